The molecule has 0 aliphatic carbocycles. The van der Waals surface area contributed by atoms with Crippen LogP contribution < -0.4 is 5.32 Å². The molecule has 2 aromatic rings. The summed E-state index contributed by atoms with van der Waals surface area (Å²) in [6.07, 6.45) is 10.6. The number of terminal acetylenes is 1. The molecule has 92 valence electrons. The zero-order valence-corrected chi connectivity index (χ0v) is 11.7. The van der Waals surface area contributed by atoms with Crippen molar-refractivity contribution in [3.8, 4) is 12.3 Å². The molecule has 18 heavy (non-hydrogen) atoms. The molecule has 0 bridgehead atoms. The molecule has 2 rings (SSSR count). The molecule has 0 saturated heterocycles. The van der Waals surface area contributed by atoms with E-state index in [1.807, 2.05) is 12.1 Å². The highest BCUT2D eigenvalue weighted by atomic mass is 79.9. The van der Waals surface area contributed by atoms with E-state index in [0.717, 1.165) is 27.6 Å². The fourth-order valence-electron chi connectivity index (χ4n) is 1.78. The van der Waals surface area contributed by atoms with Crippen molar-refractivity contribution in [2.45, 2.75) is 25.8 Å². The molecule has 3 nitrogen and oxygen atoms in total. The maximum absolute atomic E-state index is 5.37. The Labute approximate surface area is 115 Å². The number of pyridine rings is 2. The predicted molar refractivity (Wildman–Crippen MR) is 78.4 cm³/mol. The van der Waals surface area contributed by atoms with Crippen molar-refractivity contribution in [2.24, 2.45) is 0 Å². The summed E-state index contributed by atoms with van der Waals surface area (Å²) in [6, 6.07) is 4.16. The van der Waals surface area contributed by atoms with Gasteiger partial charge in [-0.1, -0.05) is 6.92 Å². The number of hydrogen-bond donors (Lipinski definition) is 1. The Morgan fingerprint density at radius 1 is 1.50 bits per heavy atom. The number of aromatic nitrogens is 2. The SMILES string of the molecule is C#CCC(CC)Nc1ccnc2cc(Br)cnc12. The summed E-state index contributed by atoms with van der Waals surface area (Å²) in [5, 5.41) is 3.43. The van der Waals surface area contributed by atoms with Gasteiger partial charge in [0.05, 0.1) is 11.2 Å². The van der Waals surface area contributed by atoms with Crippen LogP contribution in [0.15, 0.2) is 29.0 Å². The summed E-state index contributed by atoms with van der Waals surface area (Å²) in [5.74, 6) is 2.69. The number of hydrogen-bond acceptors (Lipinski definition) is 3. The number of anilines is 1. The third-order valence-electron chi connectivity index (χ3n) is 2.76. The highest BCUT2D eigenvalue weighted by Crippen LogP contribution is 2.23. The van der Waals surface area contributed by atoms with E-state index in [4.69, 9.17) is 6.42 Å². The van der Waals surface area contributed by atoms with E-state index in [0.29, 0.717) is 6.42 Å². The minimum atomic E-state index is 0.269. The predicted octanol–water partition coefficient (Wildman–Crippen LogP) is 3.61. The van der Waals surface area contributed by atoms with E-state index in [1.54, 1.807) is 12.4 Å². The summed E-state index contributed by atoms with van der Waals surface area (Å²) in [4.78, 5) is 8.71. The summed E-state index contributed by atoms with van der Waals surface area (Å²) >= 11 is 3.40. The minimum Gasteiger partial charge on any atom is -0.380 e. The van der Waals surface area contributed by atoms with E-state index in [-0.39, 0.29) is 6.04 Å². The first-order valence-electron chi connectivity index (χ1n) is 5.85. The highest BCUT2D eigenvalue weighted by molar-refractivity contribution is 9.10. The van der Waals surface area contributed by atoms with Crippen molar-refractivity contribution < 1.29 is 0 Å². The summed E-state index contributed by atoms with van der Waals surface area (Å²) in [5.41, 5.74) is 2.72. The Morgan fingerprint density at radius 3 is 3.06 bits per heavy atom. The number of nitrogens with one attached hydrogen (secondary N) is 1. The Balaban J connectivity index is 2.36. The Bertz CT molecular complexity index is 589. The number of halogens is 1. The van der Waals surface area contributed by atoms with Crippen LogP contribution in [-0.2, 0) is 0 Å². The van der Waals surface area contributed by atoms with E-state index in [2.05, 4.69) is 44.1 Å². The fraction of sp³-hybridized carbons (Fsp3) is 0.286. The molecule has 0 aliphatic heterocycles. The zero-order valence-electron chi connectivity index (χ0n) is 10.2. The van der Waals surface area contributed by atoms with Gasteiger partial charge in [0.15, 0.2) is 0 Å². The molecule has 1 N–H and O–H groups in total. The normalized spacial score (nSPS) is 12.1. The van der Waals surface area contributed by atoms with Crippen LogP contribution in [0, 0.1) is 12.3 Å². The lowest BCUT2D eigenvalue weighted by molar-refractivity contribution is 0.716. The Kier molecular flexibility index (Phi) is 4.16. The van der Waals surface area contributed by atoms with Gasteiger partial charge in [0.25, 0.3) is 0 Å². The largest absolute Gasteiger partial charge is 0.380 e. The molecule has 2 heterocycles. The quantitative estimate of drug-likeness (QED) is 0.877. The van der Waals surface area contributed by atoms with Gasteiger partial charge >= 0.3 is 0 Å². The molecule has 0 saturated carbocycles. The molecule has 0 aliphatic rings. The van der Waals surface area contributed by atoms with Crippen LogP contribution in [0.25, 0.3) is 11.0 Å². The Morgan fingerprint density at radius 2 is 2.33 bits per heavy atom. The lowest BCUT2D eigenvalue weighted by atomic mass is 10.1. The van der Waals surface area contributed by atoms with Crippen LogP contribution in [-0.4, -0.2) is 16.0 Å². The number of nitrogens with zero attached hydrogens (tertiary/aromatic N) is 2. The molecule has 2 aromatic heterocycles. The molecule has 0 spiro atoms. The van der Waals surface area contributed by atoms with Crippen LogP contribution in [0.3, 0.4) is 0 Å². The van der Waals surface area contributed by atoms with Gasteiger partial charge in [-0.15, -0.1) is 12.3 Å². The van der Waals surface area contributed by atoms with Crippen molar-refractivity contribution in [2.75, 3.05) is 5.32 Å². The zero-order chi connectivity index (χ0) is 13.0. The lowest BCUT2D eigenvalue weighted by Gasteiger charge is -2.16. The van der Waals surface area contributed by atoms with Gasteiger partial charge in [-0.05, 0) is 34.5 Å². The first-order valence-corrected chi connectivity index (χ1v) is 6.64. The van der Waals surface area contributed by atoms with Gasteiger partial charge in [-0.2, -0.15) is 0 Å². The second-order valence-electron chi connectivity index (χ2n) is 4.04. The van der Waals surface area contributed by atoms with Gasteiger partial charge in [0, 0.05) is 29.3 Å². The van der Waals surface area contributed by atoms with E-state index in [1.165, 1.54) is 0 Å². The van der Waals surface area contributed by atoms with Crippen molar-refractivity contribution in [1.82, 2.24) is 9.97 Å². The topological polar surface area (TPSA) is 37.8 Å². The molecule has 0 radical (unpaired) electrons. The van der Waals surface area contributed by atoms with Crippen LogP contribution >= 0.6 is 15.9 Å². The van der Waals surface area contributed by atoms with Crippen molar-refractivity contribution in [3.05, 3.63) is 29.0 Å². The molecular formula is C14H14BrN3. The monoisotopic (exact) mass is 303 g/mol. The van der Waals surface area contributed by atoms with Crippen molar-refractivity contribution in [1.29, 1.82) is 0 Å². The molecule has 0 fully saturated rings. The van der Waals surface area contributed by atoms with Crippen LogP contribution in [0.5, 0.6) is 0 Å². The van der Waals surface area contributed by atoms with Gasteiger partial charge < -0.3 is 5.32 Å². The second-order valence-corrected chi connectivity index (χ2v) is 4.95. The third kappa shape index (κ3) is 2.80. The highest BCUT2D eigenvalue weighted by Gasteiger charge is 2.08. The minimum absolute atomic E-state index is 0.269. The number of rotatable bonds is 4. The first kappa shape index (κ1) is 12.8. The maximum Gasteiger partial charge on any atom is 0.112 e. The second kappa shape index (κ2) is 5.83. The van der Waals surface area contributed by atoms with Crippen LogP contribution in [0.2, 0.25) is 0 Å². The molecule has 0 aromatic carbocycles. The van der Waals surface area contributed by atoms with E-state index >= 15 is 0 Å². The maximum atomic E-state index is 5.37. The average molecular weight is 304 g/mol. The molecule has 1 atom stereocenters. The smallest absolute Gasteiger partial charge is 0.112 e. The lowest BCUT2D eigenvalue weighted by Crippen LogP contribution is -2.17. The van der Waals surface area contributed by atoms with Crippen LogP contribution in [0.1, 0.15) is 19.8 Å². The first-order chi connectivity index (χ1) is 8.74. The summed E-state index contributed by atoms with van der Waals surface area (Å²) in [6.45, 7) is 2.11. The molecular weight excluding hydrogens is 290 g/mol. The third-order valence-corrected chi connectivity index (χ3v) is 3.19. The van der Waals surface area contributed by atoms with Gasteiger partial charge in [0.2, 0.25) is 0 Å². The molecule has 1 unspecified atom stereocenters. The van der Waals surface area contributed by atoms with Crippen molar-refractivity contribution >= 4 is 32.7 Å². The van der Waals surface area contributed by atoms with E-state index in [9.17, 15) is 0 Å². The summed E-state index contributed by atoms with van der Waals surface area (Å²) < 4.78 is 0.926. The van der Waals surface area contributed by atoms with Gasteiger partial charge in [0.1, 0.15) is 5.52 Å². The number of fused-ring (bicyclic) bond motifs is 1. The molecule has 0 amide bonds. The fourth-order valence-corrected chi connectivity index (χ4v) is 2.10. The van der Waals surface area contributed by atoms with Gasteiger partial charge in [-0.3, -0.25) is 9.97 Å². The standard InChI is InChI=1S/C14H14BrN3/c1-3-5-11(4-2)18-12-6-7-16-13-8-10(15)9-17-14(12)13/h1,6-9,11H,4-5H2,2H3,(H,16,18). The Hall–Kier alpha value is -1.60. The van der Waals surface area contributed by atoms with Crippen LogP contribution in [0.4, 0.5) is 5.69 Å². The van der Waals surface area contributed by atoms with Crippen molar-refractivity contribution in [3.63, 3.8) is 0 Å². The van der Waals surface area contributed by atoms with Gasteiger partial charge in [-0.25, -0.2) is 0 Å². The average Bonchev–Trinajstić information content (AvgIpc) is 2.38. The molecule has 4 heteroatoms. The summed E-state index contributed by atoms with van der Waals surface area (Å²) in [7, 11) is 0. The van der Waals surface area contributed by atoms with E-state index < -0.39 is 0 Å².